The molecule has 1 aliphatic heterocycles. The van der Waals surface area contributed by atoms with Crippen molar-refractivity contribution in [3.05, 3.63) is 35.4 Å². The monoisotopic (exact) mass is 394 g/mol. The normalized spacial score (nSPS) is 14.4. The van der Waals surface area contributed by atoms with Gasteiger partial charge in [-0.15, -0.1) is 12.4 Å². The summed E-state index contributed by atoms with van der Waals surface area (Å²) in [5.41, 5.74) is 2.00. The van der Waals surface area contributed by atoms with E-state index in [-0.39, 0.29) is 24.1 Å². The first-order valence-corrected chi connectivity index (χ1v) is 10.3. The van der Waals surface area contributed by atoms with Gasteiger partial charge in [-0.2, -0.15) is 0 Å². The summed E-state index contributed by atoms with van der Waals surface area (Å²) in [6.07, 6.45) is 7.02. The van der Waals surface area contributed by atoms with E-state index >= 15 is 0 Å². The zero-order chi connectivity index (χ0) is 18.8. The quantitative estimate of drug-likeness (QED) is 0.598. The number of Topliss-reactive ketones (excluding diaryl/α,β-unsaturated/α-hetero) is 1. The number of carbonyl (C=O) groups excluding carboxylic acids is 2. The van der Waals surface area contributed by atoms with E-state index in [9.17, 15) is 9.59 Å². The number of nitrogens with one attached hydrogen (secondary N) is 1. The third kappa shape index (κ3) is 7.63. The highest BCUT2D eigenvalue weighted by atomic mass is 35.5. The van der Waals surface area contributed by atoms with Crippen LogP contribution in [0.25, 0.3) is 0 Å². The maximum absolute atomic E-state index is 12.7. The lowest BCUT2D eigenvalue weighted by molar-refractivity contribution is -0.134. The zero-order valence-electron chi connectivity index (χ0n) is 16.8. The average molecular weight is 395 g/mol. The summed E-state index contributed by atoms with van der Waals surface area (Å²) in [5, 5.41) is 3.35. The fourth-order valence-electron chi connectivity index (χ4n) is 3.62. The SMILES string of the molecule is CCCCc1ccc(C(=O)CCC(=O)N(CCC)C2CCNCC2)cc1.Cl. The van der Waals surface area contributed by atoms with E-state index in [4.69, 9.17) is 0 Å². The van der Waals surface area contributed by atoms with Gasteiger partial charge in [0.15, 0.2) is 5.78 Å². The first kappa shape index (κ1) is 23.6. The largest absolute Gasteiger partial charge is 0.340 e. The minimum absolute atomic E-state index is 0. The molecule has 27 heavy (non-hydrogen) atoms. The van der Waals surface area contributed by atoms with Crippen LogP contribution in [0.4, 0.5) is 0 Å². The summed E-state index contributed by atoms with van der Waals surface area (Å²) >= 11 is 0. The predicted molar refractivity (Wildman–Crippen MR) is 114 cm³/mol. The average Bonchev–Trinajstić information content (AvgIpc) is 2.69. The summed E-state index contributed by atoms with van der Waals surface area (Å²) in [5.74, 6) is 0.203. The molecule has 1 N–H and O–H groups in total. The Morgan fingerprint density at radius 1 is 1.04 bits per heavy atom. The molecule has 4 nitrogen and oxygen atoms in total. The van der Waals surface area contributed by atoms with Crippen LogP contribution < -0.4 is 5.32 Å². The Kier molecular flexibility index (Phi) is 11.3. The lowest BCUT2D eigenvalue weighted by Crippen LogP contribution is -2.46. The number of hydrogen-bond donors (Lipinski definition) is 1. The van der Waals surface area contributed by atoms with E-state index in [1.807, 2.05) is 29.2 Å². The van der Waals surface area contributed by atoms with Gasteiger partial charge in [0.1, 0.15) is 0 Å². The van der Waals surface area contributed by atoms with E-state index in [0.717, 1.165) is 50.9 Å². The molecule has 2 rings (SSSR count). The molecule has 0 saturated carbocycles. The van der Waals surface area contributed by atoms with Gasteiger partial charge in [-0.25, -0.2) is 0 Å². The Bertz CT molecular complexity index is 568. The van der Waals surface area contributed by atoms with Crippen molar-refractivity contribution in [2.45, 2.75) is 71.3 Å². The topological polar surface area (TPSA) is 49.4 Å². The lowest BCUT2D eigenvalue weighted by Gasteiger charge is -2.34. The van der Waals surface area contributed by atoms with Crippen molar-refractivity contribution < 1.29 is 9.59 Å². The highest BCUT2D eigenvalue weighted by Crippen LogP contribution is 2.16. The third-order valence-electron chi connectivity index (χ3n) is 5.20. The minimum Gasteiger partial charge on any atom is -0.340 e. The molecule has 0 bridgehead atoms. The van der Waals surface area contributed by atoms with E-state index in [2.05, 4.69) is 19.2 Å². The Balaban J connectivity index is 0.00000364. The molecule has 1 saturated heterocycles. The van der Waals surface area contributed by atoms with Crippen molar-refractivity contribution in [2.24, 2.45) is 0 Å². The van der Waals surface area contributed by atoms with Crippen LogP contribution in [0.15, 0.2) is 24.3 Å². The van der Waals surface area contributed by atoms with Crippen LogP contribution in [0.5, 0.6) is 0 Å². The number of rotatable bonds is 10. The fourth-order valence-corrected chi connectivity index (χ4v) is 3.62. The maximum atomic E-state index is 12.7. The van der Waals surface area contributed by atoms with Gasteiger partial charge in [0.25, 0.3) is 0 Å². The molecule has 0 spiro atoms. The molecule has 5 heteroatoms. The van der Waals surface area contributed by atoms with Gasteiger partial charge in [-0.1, -0.05) is 44.5 Å². The molecule has 0 aromatic heterocycles. The fraction of sp³-hybridized carbons (Fsp3) is 0.636. The van der Waals surface area contributed by atoms with Gasteiger partial charge in [-0.05, 0) is 50.8 Å². The number of aryl methyl sites for hydroxylation is 1. The Morgan fingerprint density at radius 3 is 2.30 bits per heavy atom. The van der Waals surface area contributed by atoms with Crippen LogP contribution in [-0.4, -0.2) is 42.3 Å². The van der Waals surface area contributed by atoms with E-state index in [0.29, 0.717) is 18.9 Å². The second kappa shape index (κ2) is 12.9. The molecule has 0 atom stereocenters. The van der Waals surface area contributed by atoms with E-state index in [1.54, 1.807) is 0 Å². The van der Waals surface area contributed by atoms with Crippen LogP contribution in [-0.2, 0) is 11.2 Å². The highest BCUT2D eigenvalue weighted by Gasteiger charge is 2.24. The van der Waals surface area contributed by atoms with Crippen LogP contribution in [0.3, 0.4) is 0 Å². The molecule has 1 aliphatic rings. The minimum atomic E-state index is 0. The van der Waals surface area contributed by atoms with Crippen molar-refractivity contribution in [1.82, 2.24) is 10.2 Å². The lowest BCUT2D eigenvalue weighted by atomic mass is 10.0. The smallest absolute Gasteiger partial charge is 0.223 e. The van der Waals surface area contributed by atoms with Crippen molar-refractivity contribution in [2.75, 3.05) is 19.6 Å². The Labute approximate surface area is 170 Å². The van der Waals surface area contributed by atoms with Gasteiger partial charge < -0.3 is 10.2 Å². The van der Waals surface area contributed by atoms with Crippen molar-refractivity contribution in [3.63, 3.8) is 0 Å². The Morgan fingerprint density at radius 2 is 1.70 bits per heavy atom. The van der Waals surface area contributed by atoms with E-state index in [1.165, 1.54) is 18.4 Å². The van der Waals surface area contributed by atoms with Crippen LogP contribution >= 0.6 is 12.4 Å². The third-order valence-corrected chi connectivity index (χ3v) is 5.20. The molecule has 1 fully saturated rings. The number of piperidine rings is 1. The van der Waals surface area contributed by atoms with Gasteiger partial charge in [0, 0.05) is 31.0 Å². The first-order valence-electron chi connectivity index (χ1n) is 10.3. The van der Waals surface area contributed by atoms with Crippen molar-refractivity contribution in [1.29, 1.82) is 0 Å². The molecule has 1 aromatic rings. The van der Waals surface area contributed by atoms with Crippen LogP contribution in [0.1, 0.15) is 74.7 Å². The molecule has 0 unspecified atom stereocenters. The second-order valence-electron chi connectivity index (χ2n) is 7.29. The van der Waals surface area contributed by atoms with Gasteiger partial charge in [0.2, 0.25) is 5.91 Å². The molecular weight excluding hydrogens is 360 g/mol. The molecule has 1 heterocycles. The number of ketones is 1. The molecule has 1 aromatic carbocycles. The first-order chi connectivity index (χ1) is 12.7. The van der Waals surface area contributed by atoms with E-state index < -0.39 is 0 Å². The molecule has 1 amide bonds. The second-order valence-corrected chi connectivity index (χ2v) is 7.29. The number of halogens is 1. The van der Waals surface area contributed by atoms with Crippen molar-refractivity contribution in [3.8, 4) is 0 Å². The molecule has 152 valence electrons. The highest BCUT2D eigenvalue weighted by molar-refractivity contribution is 5.98. The molecule has 0 radical (unpaired) electrons. The van der Waals surface area contributed by atoms with Crippen LogP contribution in [0.2, 0.25) is 0 Å². The van der Waals surface area contributed by atoms with Gasteiger partial charge in [0.05, 0.1) is 0 Å². The summed E-state index contributed by atoms with van der Waals surface area (Å²) < 4.78 is 0. The number of unbranched alkanes of at least 4 members (excludes halogenated alkanes) is 1. The molecular formula is C22H35ClN2O2. The van der Waals surface area contributed by atoms with Crippen LogP contribution in [0, 0.1) is 0 Å². The van der Waals surface area contributed by atoms with Crippen molar-refractivity contribution >= 4 is 24.1 Å². The molecule has 0 aliphatic carbocycles. The number of amides is 1. The maximum Gasteiger partial charge on any atom is 0.223 e. The summed E-state index contributed by atoms with van der Waals surface area (Å²) in [6, 6.07) is 8.24. The zero-order valence-corrected chi connectivity index (χ0v) is 17.7. The summed E-state index contributed by atoms with van der Waals surface area (Å²) in [7, 11) is 0. The number of hydrogen-bond acceptors (Lipinski definition) is 3. The predicted octanol–water partition coefficient (Wildman–Crippen LogP) is 4.40. The standard InChI is InChI=1S/C22H34N2O2.ClH/c1-3-5-6-18-7-9-19(10-8-18)21(25)11-12-22(26)24(17-4-2)20-13-15-23-16-14-20;/h7-10,20,23H,3-6,11-17H2,1-2H3;1H. The van der Waals surface area contributed by atoms with Gasteiger partial charge >= 0.3 is 0 Å². The summed E-state index contributed by atoms with van der Waals surface area (Å²) in [6.45, 7) is 7.03. The number of carbonyl (C=O) groups is 2. The Hall–Kier alpha value is -1.39. The summed E-state index contributed by atoms with van der Waals surface area (Å²) in [4.78, 5) is 27.2. The number of benzene rings is 1. The van der Waals surface area contributed by atoms with Gasteiger partial charge in [-0.3, -0.25) is 9.59 Å². The number of nitrogens with zero attached hydrogens (tertiary/aromatic N) is 1.